The van der Waals surface area contributed by atoms with Gasteiger partial charge in [0.2, 0.25) is 5.95 Å². The highest BCUT2D eigenvalue weighted by Gasteiger charge is 2.31. The average Bonchev–Trinajstić information content (AvgIpc) is 3.56. The molecule has 5 rings (SSSR count). The van der Waals surface area contributed by atoms with Gasteiger partial charge in [0.15, 0.2) is 0 Å². The minimum Gasteiger partial charge on any atom is -0.324 e. The Morgan fingerprint density at radius 1 is 0.973 bits per heavy atom. The van der Waals surface area contributed by atoms with Crippen molar-refractivity contribution in [3.8, 4) is 16.4 Å². The number of nitrogens with zero attached hydrogens (tertiary/aromatic N) is 5. The third kappa shape index (κ3) is 5.64. The number of benzene rings is 2. The highest BCUT2D eigenvalue weighted by Crippen LogP contribution is 2.33. The number of hydrogen-bond donors (Lipinski definition) is 2. The maximum atomic E-state index is 13.5. The molecule has 37 heavy (non-hydrogen) atoms. The fourth-order valence-electron chi connectivity index (χ4n) is 3.48. The minimum atomic E-state index is -4.59. The molecule has 0 saturated carbocycles. The number of imidazole rings is 1. The lowest BCUT2D eigenvalue weighted by atomic mass is 10.1. The van der Waals surface area contributed by atoms with Gasteiger partial charge in [0.1, 0.15) is 10.7 Å². The maximum absolute atomic E-state index is 13.5. The highest BCUT2D eigenvalue weighted by atomic mass is 32.1. The van der Waals surface area contributed by atoms with E-state index in [2.05, 4.69) is 30.6 Å². The summed E-state index contributed by atoms with van der Waals surface area (Å²) in [6, 6.07) is 11.5. The lowest BCUT2D eigenvalue weighted by molar-refractivity contribution is -0.137. The SMILES string of the molecule is Cc1cn(-c2cc(NC(=O)c3ccc(Nc4nccc(-c5nccs5)n4)cc3)cc(C(F)(F)F)c2)cn1. The van der Waals surface area contributed by atoms with Crippen LogP contribution in [-0.2, 0) is 6.18 Å². The van der Waals surface area contributed by atoms with Gasteiger partial charge in [-0.05, 0) is 55.5 Å². The second kappa shape index (κ2) is 9.82. The molecule has 0 aliphatic heterocycles. The van der Waals surface area contributed by atoms with Crippen LogP contribution in [0.3, 0.4) is 0 Å². The molecule has 3 aromatic heterocycles. The summed E-state index contributed by atoms with van der Waals surface area (Å²) in [6.45, 7) is 1.73. The quantitative estimate of drug-likeness (QED) is 0.280. The zero-order valence-electron chi connectivity index (χ0n) is 19.2. The van der Waals surface area contributed by atoms with Crippen LogP contribution < -0.4 is 10.6 Å². The van der Waals surface area contributed by atoms with Crippen LogP contribution in [0.5, 0.6) is 0 Å². The first-order chi connectivity index (χ1) is 17.7. The molecule has 0 saturated heterocycles. The number of thiazole rings is 1. The van der Waals surface area contributed by atoms with Gasteiger partial charge in [-0.25, -0.2) is 19.9 Å². The Hall–Kier alpha value is -4.58. The molecule has 0 bridgehead atoms. The van der Waals surface area contributed by atoms with Gasteiger partial charge < -0.3 is 15.2 Å². The monoisotopic (exact) mass is 521 g/mol. The van der Waals surface area contributed by atoms with Crippen molar-refractivity contribution in [1.29, 1.82) is 0 Å². The van der Waals surface area contributed by atoms with Crippen LogP contribution in [0.25, 0.3) is 16.4 Å². The molecule has 2 N–H and O–H groups in total. The number of alkyl halides is 3. The predicted molar refractivity (Wildman–Crippen MR) is 134 cm³/mol. The van der Waals surface area contributed by atoms with E-state index in [9.17, 15) is 18.0 Å². The van der Waals surface area contributed by atoms with Gasteiger partial charge in [0.25, 0.3) is 5.91 Å². The minimum absolute atomic E-state index is 0.00998. The molecule has 0 atom stereocenters. The van der Waals surface area contributed by atoms with Crippen molar-refractivity contribution in [2.24, 2.45) is 0 Å². The summed E-state index contributed by atoms with van der Waals surface area (Å²) in [5.41, 5.74) is 1.57. The Balaban J connectivity index is 1.33. The van der Waals surface area contributed by atoms with Gasteiger partial charge in [-0.2, -0.15) is 13.2 Å². The normalized spacial score (nSPS) is 11.4. The van der Waals surface area contributed by atoms with Crippen molar-refractivity contribution in [3.05, 3.63) is 95.6 Å². The second-order valence-corrected chi connectivity index (χ2v) is 8.84. The maximum Gasteiger partial charge on any atom is 0.416 e. The molecule has 0 unspecified atom stereocenters. The highest BCUT2D eigenvalue weighted by molar-refractivity contribution is 7.13. The Morgan fingerprint density at radius 2 is 1.78 bits per heavy atom. The van der Waals surface area contributed by atoms with Crippen LogP contribution in [0.2, 0.25) is 0 Å². The van der Waals surface area contributed by atoms with Crippen LogP contribution in [0, 0.1) is 6.92 Å². The van der Waals surface area contributed by atoms with Crippen molar-refractivity contribution >= 4 is 34.6 Å². The largest absolute Gasteiger partial charge is 0.416 e. The lowest BCUT2D eigenvalue weighted by Gasteiger charge is -2.14. The summed E-state index contributed by atoms with van der Waals surface area (Å²) in [6.07, 6.45) is 1.74. The number of amides is 1. The summed E-state index contributed by atoms with van der Waals surface area (Å²) in [7, 11) is 0. The number of aromatic nitrogens is 5. The molecule has 186 valence electrons. The summed E-state index contributed by atoms with van der Waals surface area (Å²) in [5, 5.41) is 8.24. The number of carbonyl (C=O) groups excluding carboxylic acids is 1. The van der Waals surface area contributed by atoms with Crippen LogP contribution in [0.15, 0.2) is 78.8 Å². The van der Waals surface area contributed by atoms with Crippen LogP contribution in [0.1, 0.15) is 21.6 Å². The molecule has 0 aliphatic carbocycles. The zero-order chi connectivity index (χ0) is 26.0. The molecule has 2 aromatic carbocycles. The third-order valence-corrected chi connectivity index (χ3v) is 6.02. The van der Waals surface area contributed by atoms with Crippen LogP contribution in [0.4, 0.5) is 30.5 Å². The molecule has 0 radical (unpaired) electrons. The zero-order valence-corrected chi connectivity index (χ0v) is 20.0. The van der Waals surface area contributed by atoms with Crippen molar-refractivity contribution in [1.82, 2.24) is 24.5 Å². The van der Waals surface area contributed by atoms with E-state index in [1.807, 2.05) is 5.38 Å². The average molecular weight is 522 g/mol. The number of nitrogens with one attached hydrogen (secondary N) is 2. The number of anilines is 3. The number of halogens is 3. The molecule has 1 amide bonds. The number of carbonyl (C=O) groups is 1. The van der Waals surface area contributed by atoms with E-state index in [4.69, 9.17) is 0 Å². The van der Waals surface area contributed by atoms with E-state index in [1.54, 1.807) is 55.8 Å². The molecule has 0 aliphatic rings. The van der Waals surface area contributed by atoms with Gasteiger partial charge in [-0.1, -0.05) is 0 Å². The molecule has 0 spiro atoms. The molecule has 3 heterocycles. The fourth-order valence-corrected chi connectivity index (χ4v) is 4.09. The summed E-state index contributed by atoms with van der Waals surface area (Å²) in [5.74, 6) is -0.197. The van der Waals surface area contributed by atoms with E-state index in [-0.39, 0.29) is 16.9 Å². The molecular weight excluding hydrogens is 503 g/mol. The van der Waals surface area contributed by atoms with Gasteiger partial charge in [-0.15, -0.1) is 11.3 Å². The third-order valence-electron chi connectivity index (χ3n) is 5.22. The lowest BCUT2D eigenvalue weighted by Crippen LogP contribution is -2.14. The molecule has 0 fully saturated rings. The molecule has 5 aromatic rings. The Labute approximate surface area is 212 Å². The van der Waals surface area contributed by atoms with Gasteiger partial charge in [0, 0.05) is 46.6 Å². The first-order valence-electron chi connectivity index (χ1n) is 10.9. The van der Waals surface area contributed by atoms with Crippen molar-refractivity contribution in [2.45, 2.75) is 13.1 Å². The molecular formula is C25H18F3N7OS. The Bertz CT molecular complexity index is 1550. The van der Waals surface area contributed by atoms with Crippen LogP contribution >= 0.6 is 11.3 Å². The number of rotatable bonds is 6. The number of hydrogen-bond acceptors (Lipinski definition) is 7. The van der Waals surface area contributed by atoms with Crippen molar-refractivity contribution < 1.29 is 18.0 Å². The first-order valence-corrected chi connectivity index (χ1v) is 11.8. The first kappa shape index (κ1) is 24.1. The van der Waals surface area contributed by atoms with Crippen molar-refractivity contribution in [2.75, 3.05) is 10.6 Å². The van der Waals surface area contributed by atoms with Gasteiger partial charge in [0.05, 0.1) is 17.6 Å². The van der Waals surface area contributed by atoms with Gasteiger partial charge in [-0.3, -0.25) is 4.79 Å². The van der Waals surface area contributed by atoms with E-state index in [0.29, 0.717) is 23.0 Å². The summed E-state index contributed by atoms with van der Waals surface area (Å²) < 4.78 is 42.0. The van der Waals surface area contributed by atoms with Crippen molar-refractivity contribution in [3.63, 3.8) is 0 Å². The smallest absolute Gasteiger partial charge is 0.324 e. The summed E-state index contributed by atoms with van der Waals surface area (Å²) >= 11 is 1.46. The molecule has 12 heteroatoms. The summed E-state index contributed by atoms with van der Waals surface area (Å²) in [4.78, 5) is 29.7. The standard InChI is InChI=1S/C25H18F3N7OS/c1-15-13-35(14-31-15)20-11-17(25(26,27)28)10-19(12-20)32-22(36)16-2-4-18(5-3-16)33-24-30-7-6-21(34-24)23-29-8-9-37-23/h2-14H,1H3,(H,32,36)(H,30,33,34). The van der Waals surface area contributed by atoms with Crippen LogP contribution in [-0.4, -0.2) is 30.4 Å². The topological polar surface area (TPSA) is 97.6 Å². The Kier molecular flexibility index (Phi) is 6.40. The second-order valence-electron chi connectivity index (χ2n) is 7.95. The Morgan fingerprint density at radius 3 is 2.46 bits per heavy atom. The fraction of sp³-hybridized carbons (Fsp3) is 0.0800. The predicted octanol–water partition coefficient (Wildman–Crippen LogP) is 6.11. The van der Waals surface area contributed by atoms with Gasteiger partial charge >= 0.3 is 6.18 Å². The van der Waals surface area contributed by atoms with E-state index in [0.717, 1.165) is 17.1 Å². The van der Waals surface area contributed by atoms with E-state index < -0.39 is 17.6 Å². The number of aryl methyl sites for hydroxylation is 1. The van der Waals surface area contributed by atoms with E-state index >= 15 is 0 Å². The molecule has 8 nitrogen and oxygen atoms in total. The van der Waals surface area contributed by atoms with E-state index in [1.165, 1.54) is 28.3 Å².